The smallest absolute Gasteiger partial charge is 0.391 e. The maximum atomic E-state index is 13.7. The Labute approximate surface area is 207 Å². The molecule has 36 heavy (non-hydrogen) atoms. The second-order valence-electron chi connectivity index (χ2n) is 8.63. The number of hydrogen-bond acceptors (Lipinski definition) is 4. The number of carbonyl (C=O) groups is 2. The van der Waals surface area contributed by atoms with Crippen LogP contribution in [0.1, 0.15) is 11.1 Å². The normalized spacial score (nSPS) is 17.8. The quantitative estimate of drug-likeness (QED) is 0.634. The van der Waals surface area contributed by atoms with Gasteiger partial charge in [-0.05, 0) is 54.0 Å². The van der Waals surface area contributed by atoms with E-state index < -0.39 is 17.9 Å². The fraction of sp³-hybridized carbons (Fsp3) is 0.269. The molecule has 0 spiro atoms. The molecule has 0 radical (unpaired) electrons. The standard InChI is InChI=1S/C26H25F3N5O2/c1-17-10-19(3-5-22(17)29)23(30)14-32(13-18-2-4-20(27)11-18)15-25(35)33-8-9-34(26(36)16-33)24-12-21(28)6-7-31-24/h2-6,10-12,14,20H,8-9,13,15-16,30H2,1H3/q+1. The van der Waals surface area contributed by atoms with E-state index in [0.717, 1.165) is 12.1 Å². The minimum absolute atomic E-state index is 0.123. The van der Waals surface area contributed by atoms with Gasteiger partial charge < -0.3 is 15.5 Å². The molecule has 1 atom stereocenters. The Morgan fingerprint density at radius 3 is 2.78 bits per heavy atom. The second kappa shape index (κ2) is 10.6. The van der Waals surface area contributed by atoms with Crippen molar-refractivity contribution in [3.8, 4) is 0 Å². The molecule has 2 aromatic rings. The van der Waals surface area contributed by atoms with Crippen molar-refractivity contribution in [1.82, 2.24) is 9.80 Å². The van der Waals surface area contributed by atoms with Crippen LogP contribution in [0.5, 0.6) is 0 Å². The van der Waals surface area contributed by atoms with Crippen molar-refractivity contribution >= 4 is 23.3 Å². The zero-order valence-electron chi connectivity index (χ0n) is 19.6. The average molecular weight is 497 g/mol. The van der Waals surface area contributed by atoms with Crippen molar-refractivity contribution in [3.63, 3.8) is 0 Å². The first kappa shape index (κ1) is 24.9. The van der Waals surface area contributed by atoms with E-state index in [2.05, 4.69) is 11.2 Å². The summed E-state index contributed by atoms with van der Waals surface area (Å²) in [7, 11) is 0. The third-order valence-corrected chi connectivity index (χ3v) is 5.90. The summed E-state index contributed by atoms with van der Waals surface area (Å²) in [6.45, 7) is 1.89. The molecule has 4 rings (SSSR count). The molecule has 1 unspecified atom stereocenters. The van der Waals surface area contributed by atoms with E-state index in [-0.39, 0.29) is 50.3 Å². The Kier molecular flexibility index (Phi) is 7.29. The fourth-order valence-corrected chi connectivity index (χ4v) is 4.01. The second-order valence-corrected chi connectivity index (χ2v) is 8.63. The summed E-state index contributed by atoms with van der Waals surface area (Å²) in [5, 5.41) is 0. The molecular weight excluding hydrogens is 471 g/mol. The number of benzene rings is 1. The number of nitrogens with two attached hydrogens (primary N) is 1. The molecule has 2 aliphatic rings. The lowest BCUT2D eigenvalue weighted by atomic mass is 10.1. The SMILES string of the molecule is Cc1cc(C(N)=CN(CC(=O)N2CCN(c3cc(F)cc#[n+]3)C(=O)C2)CC2=CC(F)C=C2)ccc1F. The molecule has 0 saturated carbocycles. The number of hydrogen-bond donors (Lipinski definition) is 1. The van der Waals surface area contributed by atoms with Crippen LogP contribution in [-0.4, -0.2) is 60.5 Å². The van der Waals surface area contributed by atoms with Crippen LogP contribution >= 0.6 is 0 Å². The van der Waals surface area contributed by atoms with E-state index in [9.17, 15) is 22.8 Å². The first-order valence-electron chi connectivity index (χ1n) is 11.3. The number of carbonyl (C=O) groups excluding carboxylic acids is 2. The van der Waals surface area contributed by atoms with Crippen LogP contribution in [0.25, 0.3) is 5.70 Å². The van der Waals surface area contributed by atoms with Crippen LogP contribution in [0.2, 0.25) is 0 Å². The largest absolute Gasteiger partial charge is 0.397 e. The number of halogens is 3. The first-order valence-corrected chi connectivity index (χ1v) is 11.3. The van der Waals surface area contributed by atoms with Gasteiger partial charge in [0.2, 0.25) is 5.91 Å². The molecule has 10 heteroatoms. The summed E-state index contributed by atoms with van der Waals surface area (Å²) in [4.78, 5) is 34.0. The molecule has 2 amide bonds. The van der Waals surface area contributed by atoms with Crippen molar-refractivity contribution < 1.29 is 27.7 Å². The van der Waals surface area contributed by atoms with Crippen molar-refractivity contribution in [3.05, 3.63) is 89.3 Å². The lowest BCUT2D eigenvalue weighted by Crippen LogP contribution is -2.54. The van der Waals surface area contributed by atoms with Gasteiger partial charge >= 0.3 is 11.7 Å². The molecule has 186 valence electrons. The van der Waals surface area contributed by atoms with Gasteiger partial charge in [0.1, 0.15) is 30.9 Å². The van der Waals surface area contributed by atoms with Crippen molar-refractivity contribution in [1.29, 1.82) is 0 Å². The van der Waals surface area contributed by atoms with Gasteiger partial charge in [-0.1, -0.05) is 6.08 Å². The molecule has 1 aliphatic heterocycles. The minimum Gasteiger partial charge on any atom is -0.397 e. The Hall–Kier alpha value is -4.26. The van der Waals surface area contributed by atoms with Crippen LogP contribution in [0, 0.1) is 24.8 Å². The number of allylic oxidation sites excluding steroid dienone is 2. The molecule has 7 nitrogen and oxygen atoms in total. The van der Waals surface area contributed by atoms with Gasteiger partial charge in [-0.15, -0.1) is 0 Å². The third-order valence-electron chi connectivity index (χ3n) is 5.90. The Balaban J connectivity index is 1.48. The lowest BCUT2D eigenvalue weighted by molar-refractivity contribution is -0.280. The number of anilines is 1. The van der Waals surface area contributed by atoms with E-state index in [0.29, 0.717) is 22.4 Å². The number of nitrogens with zero attached hydrogens (tertiary/aromatic N) is 4. The highest BCUT2D eigenvalue weighted by molar-refractivity contribution is 5.97. The predicted molar refractivity (Wildman–Crippen MR) is 127 cm³/mol. The van der Waals surface area contributed by atoms with E-state index in [1.807, 2.05) is 0 Å². The van der Waals surface area contributed by atoms with E-state index >= 15 is 0 Å². The molecule has 1 fully saturated rings. The Morgan fingerprint density at radius 1 is 1.31 bits per heavy atom. The zero-order chi connectivity index (χ0) is 25.8. The van der Waals surface area contributed by atoms with Crippen LogP contribution in [-0.2, 0) is 9.59 Å². The average Bonchev–Trinajstić information content (AvgIpc) is 3.24. The number of amides is 2. The summed E-state index contributed by atoms with van der Waals surface area (Å²) in [5.74, 6) is -1.51. The Morgan fingerprint density at radius 2 is 2.11 bits per heavy atom. The van der Waals surface area contributed by atoms with Crippen LogP contribution in [0.15, 0.2) is 60.3 Å². The zero-order valence-corrected chi connectivity index (χ0v) is 19.6. The van der Waals surface area contributed by atoms with Crippen molar-refractivity contribution in [2.75, 3.05) is 37.6 Å². The van der Waals surface area contributed by atoms with Crippen LogP contribution in [0.3, 0.4) is 0 Å². The fourth-order valence-electron chi connectivity index (χ4n) is 4.01. The minimum atomic E-state index is -1.20. The predicted octanol–water partition coefficient (Wildman–Crippen LogP) is 1.94. The van der Waals surface area contributed by atoms with Crippen molar-refractivity contribution in [2.45, 2.75) is 13.1 Å². The molecule has 1 saturated heterocycles. The topological polar surface area (TPSA) is 84.0 Å². The summed E-state index contributed by atoms with van der Waals surface area (Å²) in [5.41, 5.74) is 8.23. The highest BCUT2D eigenvalue weighted by Gasteiger charge is 2.35. The first-order chi connectivity index (χ1) is 17.2. The van der Waals surface area contributed by atoms with Crippen LogP contribution in [0.4, 0.5) is 19.0 Å². The van der Waals surface area contributed by atoms with Gasteiger partial charge in [0, 0.05) is 12.7 Å². The molecule has 2 N–H and O–H groups in total. The lowest BCUT2D eigenvalue weighted by Gasteiger charge is -2.30. The van der Waals surface area contributed by atoms with Gasteiger partial charge in [0.15, 0.2) is 6.20 Å². The van der Waals surface area contributed by atoms with Gasteiger partial charge in [-0.25, -0.2) is 18.0 Å². The number of aromatic nitrogens is 1. The van der Waals surface area contributed by atoms with Gasteiger partial charge in [0.25, 0.3) is 0 Å². The van der Waals surface area contributed by atoms with Crippen LogP contribution < -0.4 is 15.6 Å². The summed E-state index contributed by atoms with van der Waals surface area (Å²) >= 11 is 0. The van der Waals surface area contributed by atoms with Gasteiger partial charge in [-0.2, -0.15) is 9.88 Å². The van der Waals surface area contributed by atoms with Gasteiger partial charge in [-0.3, -0.25) is 4.79 Å². The van der Waals surface area contributed by atoms with Crippen molar-refractivity contribution in [2.24, 2.45) is 5.73 Å². The molecule has 1 aromatic carbocycles. The molecule has 1 aromatic heterocycles. The number of piperazine rings is 1. The molecular formula is C26H25F3N5O2+. The summed E-state index contributed by atoms with van der Waals surface area (Å²) in [6.07, 6.45) is 7.25. The number of rotatable bonds is 7. The van der Waals surface area contributed by atoms with E-state index in [1.54, 1.807) is 30.2 Å². The van der Waals surface area contributed by atoms with E-state index in [4.69, 9.17) is 5.73 Å². The third kappa shape index (κ3) is 5.86. The Bertz CT molecular complexity index is 1260. The maximum Gasteiger partial charge on any atom is 0.391 e. The molecule has 0 bridgehead atoms. The highest BCUT2D eigenvalue weighted by atomic mass is 19.1. The maximum absolute atomic E-state index is 13.7. The summed E-state index contributed by atoms with van der Waals surface area (Å²) < 4.78 is 40.8. The molecule has 2 heterocycles. The monoisotopic (exact) mass is 496 g/mol. The molecule has 1 aliphatic carbocycles. The highest BCUT2D eigenvalue weighted by Crippen LogP contribution is 2.19. The number of aryl methyl sites for hydroxylation is 1. The van der Waals surface area contributed by atoms with Gasteiger partial charge in [0.05, 0.1) is 30.9 Å². The van der Waals surface area contributed by atoms with E-state index in [1.165, 1.54) is 34.1 Å². The number of alkyl halides is 1. The summed E-state index contributed by atoms with van der Waals surface area (Å²) in [6, 6.07) is 6.65.